The van der Waals surface area contributed by atoms with Crippen LogP contribution in [-0.4, -0.2) is 31.8 Å². The summed E-state index contributed by atoms with van der Waals surface area (Å²) in [5, 5.41) is 7.16. The highest BCUT2D eigenvalue weighted by Crippen LogP contribution is 2.18. The van der Waals surface area contributed by atoms with Gasteiger partial charge in [-0.1, -0.05) is 30.3 Å². The number of hydrogen-bond acceptors (Lipinski definition) is 3. The zero-order valence-electron chi connectivity index (χ0n) is 14.6. The summed E-state index contributed by atoms with van der Waals surface area (Å²) in [5.41, 5.74) is 3.26. The first kappa shape index (κ1) is 17.0. The van der Waals surface area contributed by atoms with Gasteiger partial charge in [0.15, 0.2) is 0 Å². The molecule has 2 aromatic heterocycles. The van der Waals surface area contributed by atoms with Gasteiger partial charge < -0.3 is 9.88 Å². The Kier molecular flexibility index (Phi) is 5.28. The van der Waals surface area contributed by atoms with Crippen LogP contribution in [0.2, 0.25) is 0 Å². The molecule has 0 aliphatic heterocycles. The highest BCUT2D eigenvalue weighted by Gasteiger charge is 2.09. The monoisotopic (exact) mass is 337 g/mol. The lowest BCUT2D eigenvalue weighted by Gasteiger charge is -2.11. The molecule has 0 unspecified atom stereocenters. The Morgan fingerprint density at radius 1 is 1.12 bits per heavy atom. The molecule has 6 nitrogen and oxygen atoms in total. The van der Waals surface area contributed by atoms with Gasteiger partial charge in [-0.15, -0.1) is 0 Å². The molecule has 3 aromatic rings. The first-order chi connectivity index (χ1) is 12.1. The van der Waals surface area contributed by atoms with Crippen LogP contribution < -0.4 is 5.32 Å². The number of benzene rings is 1. The average molecular weight is 337 g/mol. The van der Waals surface area contributed by atoms with Crippen molar-refractivity contribution in [1.29, 1.82) is 0 Å². The van der Waals surface area contributed by atoms with E-state index < -0.39 is 0 Å². The number of nitrogens with zero attached hydrogens (tertiary/aromatic N) is 4. The fraction of sp³-hybridized carbons (Fsp3) is 0.316. The molecule has 25 heavy (non-hydrogen) atoms. The number of imidazole rings is 1. The minimum Gasteiger partial charge on any atom is -0.354 e. The van der Waals surface area contributed by atoms with Crippen LogP contribution in [0.15, 0.2) is 48.9 Å². The number of aromatic nitrogens is 4. The van der Waals surface area contributed by atoms with Crippen molar-refractivity contribution in [2.45, 2.75) is 33.4 Å². The van der Waals surface area contributed by atoms with E-state index in [2.05, 4.69) is 20.0 Å². The molecule has 0 spiro atoms. The Morgan fingerprint density at radius 3 is 2.64 bits per heavy atom. The molecule has 0 radical (unpaired) electrons. The van der Waals surface area contributed by atoms with E-state index in [1.165, 1.54) is 0 Å². The molecule has 0 atom stereocenters. The lowest BCUT2D eigenvalue weighted by atomic mass is 10.2. The Morgan fingerprint density at radius 2 is 1.92 bits per heavy atom. The Hall–Kier alpha value is -2.89. The zero-order chi connectivity index (χ0) is 17.6. The highest BCUT2D eigenvalue weighted by atomic mass is 16.1. The minimum absolute atomic E-state index is 0.0344. The smallest absolute Gasteiger partial charge is 0.221 e. The van der Waals surface area contributed by atoms with Gasteiger partial charge in [-0.25, -0.2) is 4.98 Å². The second-order valence-corrected chi connectivity index (χ2v) is 6.12. The van der Waals surface area contributed by atoms with Gasteiger partial charge in [0.25, 0.3) is 0 Å². The summed E-state index contributed by atoms with van der Waals surface area (Å²) in [6.45, 7) is 5.89. The number of rotatable bonds is 7. The van der Waals surface area contributed by atoms with Crippen LogP contribution in [0.4, 0.5) is 0 Å². The minimum atomic E-state index is 0.0344. The number of amides is 1. The van der Waals surface area contributed by atoms with Crippen LogP contribution in [0.25, 0.3) is 11.4 Å². The molecule has 0 aliphatic rings. The summed E-state index contributed by atoms with van der Waals surface area (Å²) in [7, 11) is 0. The van der Waals surface area contributed by atoms with E-state index in [1.807, 2.05) is 56.6 Å². The molecule has 0 bridgehead atoms. The van der Waals surface area contributed by atoms with Gasteiger partial charge in [0, 0.05) is 49.7 Å². The maximum Gasteiger partial charge on any atom is 0.221 e. The van der Waals surface area contributed by atoms with Crippen molar-refractivity contribution >= 4 is 5.91 Å². The first-order valence-electron chi connectivity index (χ1n) is 8.47. The van der Waals surface area contributed by atoms with E-state index >= 15 is 0 Å². The van der Waals surface area contributed by atoms with E-state index in [0.29, 0.717) is 26.1 Å². The quantitative estimate of drug-likeness (QED) is 0.721. The van der Waals surface area contributed by atoms with E-state index in [9.17, 15) is 4.79 Å². The topological polar surface area (TPSA) is 64.7 Å². The molecule has 130 valence electrons. The summed E-state index contributed by atoms with van der Waals surface area (Å²) in [6.07, 6.45) is 6.03. The van der Waals surface area contributed by atoms with Crippen LogP contribution in [0, 0.1) is 13.8 Å². The van der Waals surface area contributed by atoms with Crippen LogP contribution in [-0.2, 0) is 17.9 Å². The van der Waals surface area contributed by atoms with Crippen molar-refractivity contribution in [3.05, 3.63) is 60.2 Å². The lowest BCUT2D eigenvalue weighted by molar-refractivity contribution is -0.121. The molecule has 0 aliphatic carbocycles. The Labute approximate surface area is 147 Å². The van der Waals surface area contributed by atoms with E-state index in [1.54, 1.807) is 10.9 Å². The third-order valence-corrected chi connectivity index (χ3v) is 4.07. The molecule has 6 heteroatoms. The normalized spacial score (nSPS) is 10.8. The van der Waals surface area contributed by atoms with E-state index in [4.69, 9.17) is 0 Å². The van der Waals surface area contributed by atoms with Gasteiger partial charge in [0.1, 0.15) is 5.82 Å². The van der Waals surface area contributed by atoms with Gasteiger partial charge in [-0.05, 0) is 19.4 Å². The SMILES string of the molecule is Cc1cnn(CCC(=O)NCCn2c(C)cnc2-c2ccccc2)c1. The van der Waals surface area contributed by atoms with Gasteiger partial charge in [0.05, 0.1) is 6.20 Å². The van der Waals surface area contributed by atoms with Gasteiger partial charge in [-0.2, -0.15) is 5.10 Å². The molecule has 1 N–H and O–H groups in total. The maximum absolute atomic E-state index is 12.0. The Balaban J connectivity index is 1.52. The predicted molar refractivity (Wildman–Crippen MR) is 97.0 cm³/mol. The van der Waals surface area contributed by atoms with Gasteiger partial charge >= 0.3 is 0 Å². The second-order valence-electron chi connectivity index (χ2n) is 6.12. The van der Waals surface area contributed by atoms with Crippen molar-refractivity contribution < 1.29 is 4.79 Å². The standard InChI is InChI=1S/C19H23N5O/c1-15-12-22-23(14-15)10-8-18(25)20-9-11-24-16(2)13-21-19(24)17-6-4-3-5-7-17/h3-7,12-14H,8-11H2,1-2H3,(H,20,25). The van der Waals surface area contributed by atoms with Crippen molar-refractivity contribution in [1.82, 2.24) is 24.6 Å². The van der Waals surface area contributed by atoms with Crippen molar-refractivity contribution in [3.8, 4) is 11.4 Å². The molecule has 0 saturated heterocycles. The second kappa shape index (κ2) is 7.79. The fourth-order valence-corrected chi connectivity index (χ4v) is 2.76. The van der Waals surface area contributed by atoms with Crippen LogP contribution >= 0.6 is 0 Å². The van der Waals surface area contributed by atoms with E-state index in [-0.39, 0.29) is 5.91 Å². The average Bonchev–Trinajstić information content (AvgIpc) is 3.20. The Bertz CT molecular complexity index is 835. The highest BCUT2D eigenvalue weighted by molar-refractivity contribution is 5.75. The molecule has 1 aromatic carbocycles. The summed E-state index contributed by atoms with van der Waals surface area (Å²) < 4.78 is 3.93. The molecule has 2 heterocycles. The number of aryl methyl sites for hydroxylation is 3. The van der Waals surface area contributed by atoms with Gasteiger partial charge in [0.2, 0.25) is 5.91 Å². The molecular formula is C19H23N5O. The summed E-state index contributed by atoms with van der Waals surface area (Å²) >= 11 is 0. The third-order valence-electron chi connectivity index (χ3n) is 4.07. The van der Waals surface area contributed by atoms with Crippen molar-refractivity contribution in [2.75, 3.05) is 6.54 Å². The molecular weight excluding hydrogens is 314 g/mol. The molecule has 0 saturated carbocycles. The maximum atomic E-state index is 12.0. The zero-order valence-corrected chi connectivity index (χ0v) is 14.6. The summed E-state index contributed by atoms with van der Waals surface area (Å²) in [4.78, 5) is 16.5. The van der Waals surface area contributed by atoms with Crippen LogP contribution in [0.1, 0.15) is 17.7 Å². The fourth-order valence-electron chi connectivity index (χ4n) is 2.76. The molecule has 0 fully saturated rings. The largest absolute Gasteiger partial charge is 0.354 e. The predicted octanol–water partition coefficient (Wildman–Crippen LogP) is 2.57. The molecule has 1 amide bonds. The van der Waals surface area contributed by atoms with E-state index in [0.717, 1.165) is 22.6 Å². The number of hydrogen-bond donors (Lipinski definition) is 1. The number of carbonyl (C=O) groups excluding carboxylic acids is 1. The van der Waals surface area contributed by atoms with Crippen molar-refractivity contribution in [3.63, 3.8) is 0 Å². The van der Waals surface area contributed by atoms with Gasteiger partial charge in [-0.3, -0.25) is 9.48 Å². The van der Waals surface area contributed by atoms with Crippen LogP contribution in [0.3, 0.4) is 0 Å². The molecule has 3 rings (SSSR count). The number of carbonyl (C=O) groups is 1. The van der Waals surface area contributed by atoms with Crippen LogP contribution in [0.5, 0.6) is 0 Å². The van der Waals surface area contributed by atoms with Crippen molar-refractivity contribution in [2.24, 2.45) is 0 Å². The number of nitrogens with one attached hydrogen (secondary N) is 1. The first-order valence-corrected chi connectivity index (χ1v) is 8.47. The summed E-state index contributed by atoms with van der Waals surface area (Å²) in [6, 6.07) is 10.1. The summed E-state index contributed by atoms with van der Waals surface area (Å²) in [5.74, 6) is 0.964. The lowest BCUT2D eigenvalue weighted by Crippen LogP contribution is -2.28. The third kappa shape index (κ3) is 4.35.